The molecule has 0 saturated heterocycles. The molecule has 0 bridgehead atoms. The summed E-state index contributed by atoms with van der Waals surface area (Å²) in [6.07, 6.45) is 15.9. The Morgan fingerprint density at radius 3 is 2.09 bits per heavy atom. The minimum absolute atomic E-state index is 0.751. The fraction of sp³-hybridized carbons (Fsp3) is 0.548. The van der Waals surface area contributed by atoms with Gasteiger partial charge in [-0.05, 0) is 97.7 Å². The molecule has 1 nitrogen and oxygen atoms in total. The van der Waals surface area contributed by atoms with Gasteiger partial charge in [-0.15, -0.1) is 0 Å². The first kappa shape index (κ1) is 23.0. The van der Waals surface area contributed by atoms with Crippen LogP contribution in [0.25, 0.3) is 0 Å². The summed E-state index contributed by atoms with van der Waals surface area (Å²) in [5.41, 5.74) is 3.65. The van der Waals surface area contributed by atoms with Gasteiger partial charge in [0, 0.05) is 11.1 Å². The molecule has 2 aromatic carbocycles. The summed E-state index contributed by atoms with van der Waals surface area (Å²) in [5, 5.41) is 0. The maximum atomic E-state index is 5.22. The van der Waals surface area contributed by atoms with Gasteiger partial charge in [-0.2, -0.15) is 0 Å². The van der Waals surface area contributed by atoms with Crippen LogP contribution in [0.1, 0.15) is 100 Å². The molecule has 0 aromatic heterocycles. The Hall–Kier alpha value is -2.20. The van der Waals surface area contributed by atoms with Crippen molar-refractivity contribution >= 4 is 0 Å². The Morgan fingerprint density at radius 2 is 1.41 bits per heavy atom. The number of benzene rings is 2. The molecule has 32 heavy (non-hydrogen) atoms. The number of unbranched alkanes of at least 4 members (excludes halogenated alkanes) is 3. The van der Waals surface area contributed by atoms with Crippen LogP contribution in [-0.4, -0.2) is 7.11 Å². The monoisotopic (exact) mass is 428 g/mol. The molecular weight excluding hydrogens is 388 g/mol. The van der Waals surface area contributed by atoms with Gasteiger partial charge < -0.3 is 4.74 Å². The van der Waals surface area contributed by atoms with Crippen LogP contribution in [0.5, 0.6) is 5.75 Å². The number of rotatable bonds is 7. The largest absolute Gasteiger partial charge is 0.497 e. The van der Waals surface area contributed by atoms with Crippen molar-refractivity contribution < 1.29 is 4.74 Å². The average molecular weight is 429 g/mol. The van der Waals surface area contributed by atoms with E-state index in [0.29, 0.717) is 0 Å². The summed E-state index contributed by atoms with van der Waals surface area (Å²) >= 11 is 0. The van der Waals surface area contributed by atoms with Crippen LogP contribution in [0.2, 0.25) is 0 Å². The van der Waals surface area contributed by atoms with E-state index in [4.69, 9.17) is 4.74 Å². The molecule has 2 aliphatic rings. The summed E-state index contributed by atoms with van der Waals surface area (Å²) in [6.45, 7) is 2.31. The molecule has 0 aliphatic heterocycles. The summed E-state index contributed by atoms with van der Waals surface area (Å²) < 4.78 is 5.22. The minimum atomic E-state index is 0.751. The van der Waals surface area contributed by atoms with Crippen LogP contribution in [0, 0.1) is 29.6 Å². The van der Waals surface area contributed by atoms with Crippen molar-refractivity contribution in [2.75, 3.05) is 7.11 Å². The van der Waals surface area contributed by atoms with E-state index in [1.165, 1.54) is 76.2 Å². The first-order valence-corrected chi connectivity index (χ1v) is 13.0. The molecule has 0 spiro atoms. The molecular formula is C31H40O. The minimum Gasteiger partial charge on any atom is -0.497 e. The number of ether oxygens (including phenoxy) is 1. The predicted molar refractivity (Wildman–Crippen MR) is 135 cm³/mol. The van der Waals surface area contributed by atoms with E-state index in [1.807, 2.05) is 24.3 Å². The van der Waals surface area contributed by atoms with Gasteiger partial charge in [0.1, 0.15) is 5.75 Å². The zero-order chi connectivity index (χ0) is 22.2. The average Bonchev–Trinajstić information content (AvgIpc) is 2.85. The third kappa shape index (κ3) is 6.19. The van der Waals surface area contributed by atoms with Crippen molar-refractivity contribution in [2.24, 2.45) is 17.8 Å². The van der Waals surface area contributed by atoms with Crippen LogP contribution >= 0.6 is 0 Å². The van der Waals surface area contributed by atoms with Gasteiger partial charge in [-0.3, -0.25) is 0 Å². The molecule has 0 amide bonds. The molecule has 4 rings (SSSR count). The zero-order valence-electron chi connectivity index (χ0n) is 20.1. The van der Waals surface area contributed by atoms with Crippen LogP contribution in [0.3, 0.4) is 0 Å². The van der Waals surface area contributed by atoms with Gasteiger partial charge in [0.15, 0.2) is 0 Å². The van der Waals surface area contributed by atoms with Gasteiger partial charge in [-0.1, -0.05) is 69.4 Å². The highest BCUT2D eigenvalue weighted by atomic mass is 16.5. The lowest BCUT2D eigenvalue weighted by Crippen LogP contribution is -2.30. The van der Waals surface area contributed by atoms with Gasteiger partial charge >= 0.3 is 0 Å². The standard InChI is InChI=1S/C31H40O/c1-3-4-5-6-7-26-12-17-30-23-29(19-18-28(30)22-26)27-15-10-24(11-16-27)8-9-25-13-20-31(32-2)21-14-25/h10-11,13-16,20-21,26,28-30H,3-7,12,17-19,22-23H2,1-2H3/t26?,28-,29-,30-/m1/s1. The van der Waals surface area contributed by atoms with Crippen molar-refractivity contribution in [3.05, 3.63) is 65.2 Å². The molecule has 0 N–H and O–H groups in total. The number of hydrogen-bond donors (Lipinski definition) is 0. The molecule has 1 heteroatoms. The fourth-order valence-electron chi connectivity index (χ4n) is 6.07. The summed E-state index contributed by atoms with van der Waals surface area (Å²) in [4.78, 5) is 0. The van der Waals surface area contributed by atoms with Crippen LogP contribution < -0.4 is 4.74 Å². The van der Waals surface area contributed by atoms with E-state index >= 15 is 0 Å². The van der Waals surface area contributed by atoms with E-state index in [-0.39, 0.29) is 0 Å². The maximum Gasteiger partial charge on any atom is 0.118 e. The lowest BCUT2D eigenvalue weighted by Gasteiger charge is -2.42. The van der Waals surface area contributed by atoms with Crippen molar-refractivity contribution in [1.82, 2.24) is 0 Å². The second-order valence-corrected chi connectivity index (χ2v) is 10.2. The van der Waals surface area contributed by atoms with E-state index < -0.39 is 0 Å². The Bertz CT molecular complexity index is 883. The Morgan fingerprint density at radius 1 is 0.750 bits per heavy atom. The number of hydrogen-bond acceptors (Lipinski definition) is 1. The Labute approximate surface area is 196 Å². The predicted octanol–water partition coefficient (Wildman–Crippen LogP) is 8.37. The van der Waals surface area contributed by atoms with E-state index in [2.05, 4.69) is 43.0 Å². The van der Waals surface area contributed by atoms with Crippen molar-refractivity contribution in [2.45, 2.75) is 83.5 Å². The summed E-state index contributed by atoms with van der Waals surface area (Å²) in [7, 11) is 1.69. The highest BCUT2D eigenvalue weighted by Gasteiger charge is 2.35. The second kappa shape index (κ2) is 11.6. The van der Waals surface area contributed by atoms with Gasteiger partial charge in [0.2, 0.25) is 0 Å². The molecule has 170 valence electrons. The van der Waals surface area contributed by atoms with Crippen LogP contribution in [-0.2, 0) is 0 Å². The van der Waals surface area contributed by atoms with Gasteiger partial charge in [0.05, 0.1) is 7.11 Å². The zero-order valence-corrected chi connectivity index (χ0v) is 20.1. The molecule has 2 aromatic rings. The SMILES string of the molecule is CCCCCCC1CC[C@@H]2C[C@H](c3ccc(C#Cc4ccc(OC)cc4)cc3)CC[C@@H]2C1. The molecule has 4 atom stereocenters. The van der Waals surface area contributed by atoms with E-state index in [0.717, 1.165) is 40.5 Å². The molecule has 0 heterocycles. The van der Waals surface area contributed by atoms with Crippen molar-refractivity contribution in [3.63, 3.8) is 0 Å². The Balaban J connectivity index is 1.28. The van der Waals surface area contributed by atoms with Crippen LogP contribution in [0.15, 0.2) is 48.5 Å². The molecule has 2 aliphatic carbocycles. The lowest BCUT2D eigenvalue weighted by atomic mass is 9.63. The molecule has 1 unspecified atom stereocenters. The summed E-state index contributed by atoms with van der Waals surface area (Å²) in [5.74, 6) is 11.2. The smallest absolute Gasteiger partial charge is 0.118 e. The number of fused-ring (bicyclic) bond motifs is 1. The topological polar surface area (TPSA) is 9.23 Å². The highest BCUT2D eigenvalue weighted by molar-refractivity contribution is 5.45. The Kier molecular flexibility index (Phi) is 8.33. The highest BCUT2D eigenvalue weighted by Crippen LogP contribution is 2.48. The molecule has 2 saturated carbocycles. The third-order valence-electron chi connectivity index (χ3n) is 8.01. The van der Waals surface area contributed by atoms with E-state index in [9.17, 15) is 0 Å². The van der Waals surface area contributed by atoms with Gasteiger partial charge in [0.25, 0.3) is 0 Å². The van der Waals surface area contributed by atoms with Crippen LogP contribution in [0.4, 0.5) is 0 Å². The normalized spacial score (nSPS) is 24.8. The molecule has 0 radical (unpaired) electrons. The van der Waals surface area contributed by atoms with E-state index in [1.54, 1.807) is 7.11 Å². The quantitative estimate of drug-likeness (QED) is 0.318. The first-order valence-electron chi connectivity index (χ1n) is 13.0. The van der Waals surface area contributed by atoms with Gasteiger partial charge in [-0.25, -0.2) is 0 Å². The van der Waals surface area contributed by atoms with Crippen molar-refractivity contribution in [3.8, 4) is 17.6 Å². The third-order valence-corrected chi connectivity index (χ3v) is 8.01. The number of methoxy groups -OCH3 is 1. The van der Waals surface area contributed by atoms with Crippen molar-refractivity contribution in [1.29, 1.82) is 0 Å². The second-order valence-electron chi connectivity index (χ2n) is 10.2. The lowest BCUT2D eigenvalue weighted by molar-refractivity contribution is 0.113. The summed E-state index contributed by atoms with van der Waals surface area (Å²) in [6, 6.07) is 17.0. The first-order chi connectivity index (χ1) is 15.7. The maximum absolute atomic E-state index is 5.22. The fourth-order valence-corrected chi connectivity index (χ4v) is 6.07. The molecule has 2 fully saturated rings.